The lowest BCUT2D eigenvalue weighted by Gasteiger charge is -2.16. The summed E-state index contributed by atoms with van der Waals surface area (Å²) in [6, 6.07) is 0. The van der Waals surface area contributed by atoms with Gasteiger partial charge < -0.3 is 10.2 Å². The molecule has 0 aromatic carbocycles. The average molecular weight is 589 g/mol. The quantitative estimate of drug-likeness (QED) is 0.139. The summed E-state index contributed by atoms with van der Waals surface area (Å²) >= 11 is 0. The van der Waals surface area contributed by atoms with Crippen LogP contribution in [0.3, 0.4) is 0 Å². The third kappa shape index (κ3) is 21.0. The van der Waals surface area contributed by atoms with E-state index in [0.29, 0.717) is 6.42 Å². The molecule has 2 nitrogen and oxygen atoms in total. The lowest BCUT2D eigenvalue weighted by molar-refractivity contribution is 0.228. The number of allylic oxidation sites excluding steroid dienone is 14. The van der Waals surface area contributed by atoms with Gasteiger partial charge in [-0.1, -0.05) is 93.7 Å². The van der Waals surface area contributed by atoms with Gasteiger partial charge in [0.15, 0.2) is 0 Å². The molecule has 0 heterocycles. The monoisotopic (exact) mass is 588 g/mol. The molecule has 2 heteroatoms. The van der Waals surface area contributed by atoms with E-state index in [0.717, 1.165) is 69.8 Å². The van der Waals surface area contributed by atoms with Crippen molar-refractivity contribution in [3.63, 3.8) is 0 Å². The highest BCUT2D eigenvalue weighted by Gasteiger charge is 2.12. The fourth-order valence-corrected chi connectivity index (χ4v) is 5.13. The Bertz CT molecular complexity index is 1090. The summed E-state index contributed by atoms with van der Waals surface area (Å²) in [7, 11) is 0. The zero-order valence-electron chi connectivity index (χ0n) is 29.0. The molecule has 0 radical (unpaired) electrons. The van der Waals surface area contributed by atoms with Gasteiger partial charge in [-0.15, -0.1) is 0 Å². The zero-order valence-corrected chi connectivity index (χ0v) is 29.0. The Labute approximate surface area is 266 Å². The molecule has 1 aliphatic rings. The van der Waals surface area contributed by atoms with Crippen LogP contribution in [0.25, 0.3) is 0 Å². The van der Waals surface area contributed by atoms with Crippen molar-refractivity contribution in [1.29, 1.82) is 0 Å². The minimum atomic E-state index is -0.576. The van der Waals surface area contributed by atoms with Gasteiger partial charge >= 0.3 is 0 Å². The summed E-state index contributed by atoms with van der Waals surface area (Å²) in [5.74, 6) is 0. The van der Waals surface area contributed by atoms with Gasteiger partial charge in [0, 0.05) is 0 Å². The highest BCUT2D eigenvalue weighted by atomic mass is 16.3. The number of rotatable bonds is 20. The minimum Gasteiger partial charge on any atom is -0.385 e. The Morgan fingerprint density at radius 1 is 0.488 bits per heavy atom. The molecule has 2 unspecified atom stereocenters. The summed E-state index contributed by atoms with van der Waals surface area (Å²) in [6.07, 6.45) is 34.8. The van der Waals surface area contributed by atoms with Gasteiger partial charge in [-0.3, -0.25) is 0 Å². The van der Waals surface area contributed by atoms with Crippen molar-refractivity contribution < 1.29 is 10.2 Å². The molecule has 0 aromatic heterocycles. The summed E-state index contributed by atoms with van der Waals surface area (Å²) in [5.41, 5.74) is 11.1. The van der Waals surface area contributed by atoms with Gasteiger partial charge in [-0.25, -0.2) is 0 Å². The van der Waals surface area contributed by atoms with Crippen LogP contribution in [0.5, 0.6) is 0 Å². The first kappa shape index (κ1) is 38.6. The second kappa shape index (κ2) is 23.0. The molecule has 1 aliphatic carbocycles. The fraction of sp³-hybridized carbons (Fsp3) is 0.561. The third-order valence-electron chi connectivity index (χ3n) is 8.19. The van der Waals surface area contributed by atoms with Crippen molar-refractivity contribution in [3.8, 4) is 0 Å². The van der Waals surface area contributed by atoms with Crippen molar-refractivity contribution >= 4 is 0 Å². The molecule has 2 N–H and O–H groups in total. The van der Waals surface area contributed by atoms with E-state index >= 15 is 0 Å². The molecule has 43 heavy (non-hydrogen) atoms. The highest BCUT2D eigenvalue weighted by Crippen LogP contribution is 2.20. The Morgan fingerprint density at radius 3 is 1.16 bits per heavy atom. The van der Waals surface area contributed by atoms with Gasteiger partial charge in [0.2, 0.25) is 0 Å². The van der Waals surface area contributed by atoms with Gasteiger partial charge in [0.1, 0.15) is 0 Å². The molecule has 0 saturated heterocycles. The number of hydrogen-bond acceptors (Lipinski definition) is 2. The van der Waals surface area contributed by atoms with Gasteiger partial charge in [0.05, 0.1) is 12.2 Å². The van der Waals surface area contributed by atoms with E-state index in [9.17, 15) is 10.2 Å². The maximum Gasteiger partial charge on any atom is 0.0936 e. The van der Waals surface area contributed by atoms with Crippen LogP contribution in [0.1, 0.15) is 139 Å². The van der Waals surface area contributed by atoms with E-state index in [1.807, 2.05) is 0 Å². The van der Waals surface area contributed by atoms with Crippen LogP contribution in [0.15, 0.2) is 105 Å². The van der Waals surface area contributed by atoms with Crippen LogP contribution < -0.4 is 0 Å². The van der Waals surface area contributed by atoms with Crippen molar-refractivity contribution in [2.45, 2.75) is 151 Å². The number of hydrogen-bond donors (Lipinski definition) is 2. The first-order valence-electron chi connectivity index (χ1n) is 16.8. The van der Waals surface area contributed by atoms with Crippen LogP contribution in [-0.2, 0) is 0 Å². The largest absolute Gasteiger partial charge is 0.385 e. The van der Waals surface area contributed by atoms with Crippen molar-refractivity contribution in [2.75, 3.05) is 0 Å². The van der Waals surface area contributed by atoms with E-state index in [1.165, 1.54) is 51.9 Å². The molecule has 0 aromatic rings. The van der Waals surface area contributed by atoms with Crippen molar-refractivity contribution in [2.24, 2.45) is 0 Å². The van der Waals surface area contributed by atoms with Crippen LogP contribution in [0, 0.1) is 0 Å². The molecule has 0 aliphatic heterocycles. The normalized spacial score (nSPS) is 19.2. The average Bonchev–Trinajstić information content (AvgIpc) is 2.93. The lowest BCUT2D eigenvalue weighted by Crippen LogP contribution is -2.15. The van der Waals surface area contributed by atoms with Crippen LogP contribution in [0.2, 0.25) is 0 Å². The predicted molar refractivity (Wildman–Crippen MR) is 191 cm³/mol. The van der Waals surface area contributed by atoms with Crippen molar-refractivity contribution in [1.82, 2.24) is 0 Å². The van der Waals surface area contributed by atoms with E-state index < -0.39 is 12.2 Å². The third-order valence-corrected chi connectivity index (χ3v) is 8.19. The molecule has 0 fully saturated rings. The van der Waals surface area contributed by atoms with Crippen molar-refractivity contribution in [3.05, 3.63) is 105 Å². The molecule has 1 rings (SSSR count). The van der Waals surface area contributed by atoms with E-state index in [2.05, 4.69) is 97.9 Å². The van der Waals surface area contributed by atoms with Gasteiger partial charge in [0.25, 0.3) is 0 Å². The topological polar surface area (TPSA) is 40.5 Å². The molecular formula is C41H64O2. The molecule has 0 saturated carbocycles. The Balaban J connectivity index is 2.24. The Kier molecular flexibility index (Phi) is 20.7. The SMILES string of the molecule is CC(C)=CCCC(C)=CCCC(C)=CCCC(C)=CCCC(C)=CCCC(C)=CCCC(C)=CCC1=CC(O)C=CC1O. The van der Waals surface area contributed by atoms with Crippen LogP contribution in [-0.4, -0.2) is 22.4 Å². The maximum atomic E-state index is 10.0. The van der Waals surface area contributed by atoms with Gasteiger partial charge in [-0.05, 0) is 151 Å². The van der Waals surface area contributed by atoms with Crippen LogP contribution >= 0.6 is 0 Å². The van der Waals surface area contributed by atoms with E-state index in [-0.39, 0.29) is 0 Å². The maximum absolute atomic E-state index is 10.0. The summed E-state index contributed by atoms with van der Waals surface area (Å²) < 4.78 is 0. The lowest BCUT2D eigenvalue weighted by atomic mass is 9.97. The smallest absolute Gasteiger partial charge is 0.0936 e. The van der Waals surface area contributed by atoms with Gasteiger partial charge in [-0.2, -0.15) is 0 Å². The zero-order chi connectivity index (χ0) is 32.0. The molecule has 0 bridgehead atoms. The molecule has 0 spiro atoms. The standard InChI is InChI=1S/C41H64O2/c1-32(2)15-9-16-33(3)17-10-18-34(4)19-11-20-35(5)21-12-22-36(6)23-13-24-37(7)25-14-26-38(8)27-28-39-31-40(42)29-30-41(39)43/h15,17,19,21,23,25,27,29-31,40-43H,9-14,16,18,20,22,24,26,28H2,1-8H3. The summed E-state index contributed by atoms with van der Waals surface area (Å²) in [6.45, 7) is 17.8. The number of aliphatic hydroxyl groups excluding tert-OH is 2. The molecular weight excluding hydrogens is 524 g/mol. The minimum absolute atomic E-state index is 0.571. The predicted octanol–water partition coefficient (Wildman–Crippen LogP) is 11.9. The molecule has 0 amide bonds. The fourth-order valence-electron chi connectivity index (χ4n) is 5.13. The second-order valence-corrected chi connectivity index (χ2v) is 13.1. The van der Waals surface area contributed by atoms with E-state index in [4.69, 9.17) is 0 Å². The summed E-state index contributed by atoms with van der Waals surface area (Å²) in [5, 5.41) is 19.8. The number of aliphatic hydroxyl groups is 2. The van der Waals surface area contributed by atoms with Crippen LogP contribution in [0.4, 0.5) is 0 Å². The molecule has 240 valence electrons. The Morgan fingerprint density at radius 2 is 0.814 bits per heavy atom. The summed E-state index contributed by atoms with van der Waals surface area (Å²) in [4.78, 5) is 0. The Hall–Kier alpha value is -2.42. The molecule has 2 atom stereocenters. The highest BCUT2D eigenvalue weighted by molar-refractivity contribution is 5.27. The van der Waals surface area contributed by atoms with E-state index in [1.54, 1.807) is 18.2 Å². The first-order valence-corrected chi connectivity index (χ1v) is 16.8. The first-order chi connectivity index (χ1) is 20.5. The second-order valence-electron chi connectivity index (χ2n) is 13.1.